The van der Waals surface area contributed by atoms with Crippen LogP contribution in [0.2, 0.25) is 5.02 Å². The molecule has 1 aromatic carbocycles. The Bertz CT molecular complexity index is 1900. The van der Waals surface area contributed by atoms with E-state index in [2.05, 4.69) is 14.3 Å². The van der Waals surface area contributed by atoms with Gasteiger partial charge in [0.2, 0.25) is 0 Å². The highest BCUT2D eigenvalue weighted by atomic mass is 35.5. The van der Waals surface area contributed by atoms with E-state index < -0.39 is 32.7 Å². The van der Waals surface area contributed by atoms with Crippen LogP contribution in [-0.4, -0.2) is 25.0 Å². The van der Waals surface area contributed by atoms with Crippen LogP contribution in [0.3, 0.4) is 0 Å². The van der Waals surface area contributed by atoms with Crippen LogP contribution in [-0.2, 0) is 16.3 Å². The molecule has 0 N–H and O–H groups in total. The van der Waals surface area contributed by atoms with E-state index in [1.807, 2.05) is 0 Å². The number of hydrogen-bond donors (Lipinski definition) is 0. The van der Waals surface area contributed by atoms with Gasteiger partial charge < -0.3 is 0 Å². The van der Waals surface area contributed by atoms with Gasteiger partial charge in [-0.2, -0.15) is 0 Å². The molecule has 1 saturated carbocycles. The number of rotatable bonds is 4. The molecule has 200 valence electrons. The molecule has 1 fully saturated rings. The standard InChI is InChI=1S/C28H22ClF3N4O2S/c1-13-9-34-25(18-5-4-15-11-35-39(3,38)27(15)23(18)31)24(32)26(13)36-14(2)6-21(22(29)28(36)37)20-8-19(20)16-7-17(30)12-33-10-16/h4-7,9-10,12,19-20H,8,11H2,1-3H3/t19?,20-,39?/m1/s1. The third kappa shape index (κ3) is 4.08. The molecule has 6 rings (SSSR count). The lowest BCUT2D eigenvalue weighted by Gasteiger charge is -2.18. The average Bonchev–Trinajstić information content (AvgIpc) is 3.61. The molecule has 0 saturated heterocycles. The molecule has 3 atom stereocenters. The Kier molecular flexibility index (Phi) is 5.96. The van der Waals surface area contributed by atoms with Crippen molar-refractivity contribution in [3.05, 3.63) is 104 Å². The maximum Gasteiger partial charge on any atom is 0.274 e. The van der Waals surface area contributed by atoms with Gasteiger partial charge in [-0.25, -0.2) is 21.7 Å². The molecule has 1 aliphatic heterocycles. The van der Waals surface area contributed by atoms with Crippen LogP contribution in [0.15, 0.2) is 56.9 Å². The zero-order valence-corrected chi connectivity index (χ0v) is 22.7. The lowest BCUT2D eigenvalue weighted by molar-refractivity contribution is 0.585. The van der Waals surface area contributed by atoms with Gasteiger partial charge in [0.1, 0.15) is 22.4 Å². The van der Waals surface area contributed by atoms with E-state index in [1.165, 1.54) is 24.6 Å². The summed E-state index contributed by atoms with van der Waals surface area (Å²) in [6, 6.07) is 6.09. The van der Waals surface area contributed by atoms with Gasteiger partial charge in [0, 0.05) is 29.9 Å². The first kappa shape index (κ1) is 25.8. The molecule has 2 aliphatic rings. The lowest BCUT2D eigenvalue weighted by Crippen LogP contribution is -2.24. The normalized spacial score (nSPS) is 21.5. The molecule has 0 radical (unpaired) electrons. The van der Waals surface area contributed by atoms with Crippen molar-refractivity contribution < 1.29 is 17.4 Å². The smallest absolute Gasteiger partial charge is 0.274 e. The fourth-order valence-corrected chi connectivity index (χ4v) is 7.27. The molecular weight excluding hydrogens is 549 g/mol. The summed E-state index contributed by atoms with van der Waals surface area (Å²) in [5, 5.41) is -0.0642. The van der Waals surface area contributed by atoms with Crippen molar-refractivity contribution in [3.63, 3.8) is 0 Å². The maximum absolute atomic E-state index is 16.1. The summed E-state index contributed by atoms with van der Waals surface area (Å²) in [5.74, 6) is -2.32. The topological polar surface area (TPSA) is 77.2 Å². The number of fused-ring (bicyclic) bond motifs is 1. The number of hydrogen-bond acceptors (Lipinski definition) is 5. The number of nitrogens with zero attached hydrogens (tertiary/aromatic N) is 4. The van der Waals surface area contributed by atoms with Gasteiger partial charge >= 0.3 is 0 Å². The summed E-state index contributed by atoms with van der Waals surface area (Å²) >= 11 is 6.56. The molecule has 3 aromatic heterocycles. The van der Waals surface area contributed by atoms with Crippen LogP contribution in [0.4, 0.5) is 13.2 Å². The molecule has 4 aromatic rings. The van der Waals surface area contributed by atoms with Gasteiger partial charge in [0.05, 0.1) is 33.1 Å². The molecule has 1 aliphatic carbocycles. The van der Waals surface area contributed by atoms with Gasteiger partial charge in [-0.05, 0) is 72.6 Å². The lowest BCUT2D eigenvalue weighted by atomic mass is 10.0. The summed E-state index contributed by atoms with van der Waals surface area (Å²) in [6.45, 7) is 3.37. The minimum absolute atomic E-state index is 0.0327. The SMILES string of the molecule is Cc1cnc(-c2ccc3c(c2F)S(C)(=O)=NC3)c(F)c1-n1c(C)cc([C@@H]2CC2c2cncc(F)c2)c(Cl)c1=O. The first-order chi connectivity index (χ1) is 18.5. The average molecular weight is 571 g/mol. The van der Waals surface area contributed by atoms with Gasteiger partial charge in [0.25, 0.3) is 5.56 Å². The molecule has 6 nitrogen and oxygen atoms in total. The van der Waals surface area contributed by atoms with Crippen LogP contribution in [0.5, 0.6) is 0 Å². The Morgan fingerprint density at radius 1 is 1.05 bits per heavy atom. The molecule has 0 spiro atoms. The van der Waals surface area contributed by atoms with E-state index in [0.717, 1.165) is 16.3 Å². The number of benzene rings is 1. The Hall–Kier alpha value is -3.50. The predicted molar refractivity (Wildman–Crippen MR) is 142 cm³/mol. The van der Waals surface area contributed by atoms with E-state index in [9.17, 15) is 13.4 Å². The minimum atomic E-state index is -2.95. The van der Waals surface area contributed by atoms with E-state index in [4.69, 9.17) is 11.6 Å². The maximum atomic E-state index is 16.1. The Balaban J connectivity index is 1.46. The second-order valence-corrected chi connectivity index (χ2v) is 12.7. The fraction of sp³-hybridized carbons (Fsp3) is 0.250. The van der Waals surface area contributed by atoms with Crippen LogP contribution in [0.25, 0.3) is 16.9 Å². The third-order valence-corrected chi connectivity index (χ3v) is 9.60. The van der Waals surface area contributed by atoms with E-state index in [-0.39, 0.29) is 45.2 Å². The minimum Gasteiger partial charge on any atom is -0.277 e. The van der Waals surface area contributed by atoms with Crippen molar-refractivity contribution in [1.29, 1.82) is 0 Å². The fourth-order valence-electron chi connectivity index (χ4n) is 5.42. The number of aromatic nitrogens is 3. The predicted octanol–water partition coefficient (Wildman–Crippen LogP) is 6.22. The molecule has 39 heavy (non-hydrogen) atoms. The highest BCUT2D eigenvalue weighted by molar-refractivity contribution is 7.93. The zero-order valence-electron chi connectivity index (χ0n) is 21.1. The summed E-state index contributed by atoms with van der Waals surface area (Å²) in [6.07, 6.45) is 6.10. The van der Waals surface area contributed by atoms with E-state index >= 15 is 8.78 Å². The van der Waals surface area contributed by atoms with Crippen molar-refractivity contribution >= 4 is 21.3 Å². The van der Waals surface area contributed by atoms with Crippen molar-refractivity contribution in [2.45, 2.75) is 43.5 Å². The van der Waals surface area contributed by atoms with Crippen molar-refractivity contribution in [2.24, 2.45) is 4.36 Å². The summed E-state index contributed by atoms with van der Waals surface area (Å²) in [5.41, 5.74) is 1.36. The molecule has 2 unspecified atom stereocenters. The molecule has 0 bridgehead atoms. The molecule has 0 amide bonds. The van der Waals surface area contributed by atoms with Crippen LogP contribution >= 0.6 is 11.6 Å². The third-order valence-electron chi connectivity index (χ3n) is 7.40. The van der Waals surface area contributed by atoms with Crippen LogP contribution in [0, 0.1) is 31.3 Å². The van der Waals surface area contributed by atoms with Crippen molar-refractivity contribution in [2.75, 3.05) is 6.26 Å². The largest absolute Gasteiger partial charge is 0.277 e. The number of halogens is 4. The second-order valence-electron chi connectivity index (χ2n) is 10.0. The Labute approximate surface area is 227 Å². The summed E-state index contributed by atoms with van der Waals surface area (Å²) in [7, 11) is -2.95. The van der Waals surface area contributed by atoms with E-state index in [0.29, 0.717) is 28.8 Å². The van der Waals surface area contributed by atoms with Gasteiger partial charge in [-0.1, -0.05) is 17.7 Å². The van der Waals surface area contributed by atoms with Crippen LogP contribution in [0.1, 0.15) is 46.2 Å². The van der Waals surface area contributed by atoms with Crippen molar-refractivity contribution in [1.82, 2.24) is 14.5 Å². The number of pyridine rings is 3. The highest BCUT2D eigenvalue weighted by Gasteiger charge is 2.42. The zero-order chi connectivity index (χ0) is 27.8. The molecule has 4 heterocycles. The van der Waals surface area contributed by atoms with Gasteiger partial charge in [0.15, 0.2) is 5.82 Å². The Morgan fingerprint density at radius 2 is 1.82 bits per heavy atom. The summed E-state index contributed by atoms with van der Waals surface area (Å²) in [4.78, 5) is 21.5. The van der Waals surface area contributed by atoms with Crippen LogP contribution < -0.4 is 5.56 Å². The monoisotopic (exact) mass is 570 g/mol. The van der Waals surface area contributed by atoms with E-state index in [1.54, 1.807) is 32.2 Å². The van der Waals surface area contributed by atoms with Gasteiger partial charge in [-0.3, -0.25) is 19.3 Å². The quantitative estimate of drug-likeness (QED) is 0.292. The first-order valence-corrected chi connectivity index (χ1v) is 14.5. The number of aryl methyl sites for hydroxylation is 2. The second kappa shape index (κ2) is 9.02. The highest BCUT2D eigenvalue weighted by Crippen LogP contribution is 2.55. The van der Waals surface area contributed by atoms with Gasteiger partial charge in [-0.15, -0.1) is 0 Å². The molecular formula is C28H22ClF3N4O2S. The first-order valence-electron chi connectivity index (χ1n) is 12.2. The Morgan fingerprint density at radius 3 is 2.56 bits per heavy atom. The summed E-state index contributed by atoms with van der Waals surface area (Å²) < 4.78 is 63.4. The van der Waals surface area contributed by atoms with Crippen molar-refractivity contribution in [3.8, 4) is 16.9 Å². The molecule has 11 heteroatoms.